The molecule has 5 nitrogen and oxygen atoms in total. The molecule has 0 rings (SSSR count). The first-order chi connectivity index (χ1) is 22.0. The Balaban J connectivity index is 3.69. The molecule has 268 valence electrons. The first kappa shape index (κ1) is 44.1. The second-order valence-electron chi connectivity index (χ2n) is 13.9. The van der Waals surface area contributed by atoms with Gasteiger partial charge in [-0.1, -0.05) is 199 Å². The third-order valence-corrected chi connectivity index (χ3v) is 9.32. The van der Waals surface area contributed by atoms with Crippen molar-refractivity contribution in [2.24, 2.45) is 0 Å². The third-order valence-electron chi connectivity index (χ3n) is 9.32. The molecule has 0 fully saturated rings. The van der Waals surface area contributed by atoms with E-state index in [2.05, 4.69) is 19.2 Å². The molecule has 4 N–H and O–H groups in total. The first-order valence-corrected chi connectivity index (χ1v) is 20.0. The fourth-order valence-corrected chi connectivity index (χ4v) is 6.22. The molecule has 0 saturated carbocycles. The van der Waals surface area contributed by atoms with E-state index < -0.39 is 18.2 Å². The molecule has 3 unspecified atom stereocenters. The maximum Gasteiger partial charge on any atom is 0.222 e. The van der Waals surface area contributed by atoms with Crippen molar-refractivity contribution >= 4 is 5.91 Å². The molecule has 0 radical (unpaired) electrons. The number of rotatable bonds is 36. The first-order valence-electron chi connectivity index (χ1n) is 20.0. The molecule has 3 atom stereocenters. The van der Waals surface area contributed by atoms with E-state index in [0.717, 1.165) is 25.7 Å². The number of nitrogens with one attached hydrogen (secondary N) is 1. The van der Waals surface area contributed by atoms with Gasteiger partial charge in [0.1, 0.15) is 0 Å². The number of hydrogen-bond acceptors (Lipinski definition) is 4. The van der Waals surface area contributed by atoms with E-state index in [0.29, 0.717) is 6.42 Å². The highest BCUT2D eigenvalue weighted by Crippen LogP contribution is 2.15. The Morgan fingerprint density at radius 3 is 1.29 bits per heavy atom. The number of aliphatic hydroxyl groups excluding tert-OH is 3. The second kappa shape index (κ2) is 35.9. The van der Waals surface area contributed by atoms with Crippen LogP contribution in [0.4, 0.5) is 0 Å². The predicted molar refractivity (Wildman–Crippen MR) is 195 cm³/mol. The van der Waals surface area contributed by atoms with Crippen molar-refractivity contribution in [3.63, 3.8) is 0 Å². The standard InChI is InChI=1S/C40H79NO4/c1-3-5-7-9-11-13-15-17-18-19-20-22-24-26-28-30-32-34-39(44)38(36-42)41-40(45)35-37(43)33-31-29-27-25-23-21-16-14-12-10-8-6-4-2/h32,34,37-39,42-44H,3-31,33,35-36H2,1-2H3,(H,41,45)/b34-32+. The van der Waals surface area contributed by atoms with Gasteiger partial charge in [0.05, 0.1) is 31.3 Å². The van der Waals surface area contributed by atoms with Crippen LogP contribution in [-0.4, -0.2) is 46.1 Å². The summed E-state index contributed by atoms with van der Waals surface area (Å²) in [5.74, 6) is -0.314. The molecule has 0 aliphatic carbocycles. The van der Waals surface area contributed by atoms with Crippen LogP contribution < -0.4 is 5.32 Å². The normalized spacial score (nSPS) is 13.8. The minimum Gasteiger partial charge on any atom is -0.394 e. The average Bonchev–Trinajstić information content (AvgIpc) is 3.03. The van der Waals surface area contributed by atoms with Gasteiger partial charge in [0.15, 0.2) is 0 Å². The molecule has 0 spiro atoms. The van der Waals surface area contributed by atoms with Crippen molar-refractivity contribution in [1.29, 1.82) is 0 Å². The van der Waals surface area contributed by atoms with Crippen molar-refractivity contribution in [2.45, 2.75) is 231 Å². The van der Waals surface area contributed by atoms with Gasteiger partial charge in [-0.3, -0.25) is 4.79 Å². The monoisotopic (exact) mass is 638 g/mol. The number of aliphatic hydroxyl groups is 3. The summed E-state index contributed by atoms with van der Waals surface area (Å²) in [4.78, 5) is 12.4. The summed E-state index contributed by atoms with van der Waals surface area (Å²) in [5.41, 5.74) is 0. The Morgan fingerprint density at radius 1 is 0.556 bits per heavy atom. The lowest BCUT2D eigenvalue weighted by atomic mass is 10.0. The fourth-order valence-electron chi connectivity index (χ4n) is 6.22. The molecule has 0 saturated heterocycles. The summed E-state index contributed by atoms with van der Waals surface area (Å²) in [6.45, 7) is 4.21. The molecule has 0 aromatic rings. The molecule has 0 bridgehead atoms. The van der Waals surface area contributed by atoms with E-state index in [9.17, 15) is 20.1 Å². The van der Waals surface area contributed by atoms with Gasteiger partial charge in [0.25, 0.3) is 0 Å². The van der Waals surface area contributed by atoms with Gasteiger partial charge in [-0.2, -0.15) is 0 Å². The summed E-state index contributed by atoms with van der Waals surface area (Å²) >= 11 is 0. The highest BCUT2D eigenvalue weighted by atomic mass is 16.3. The molecule has 1 amide bonds. The number of allylic oxidation sites excluding steroid dienone is 1. The smallest absolute Gasteiger partial charge is 0.222 e. The number of carbonyl (C=O) groups is 1. The second-order valence-corrected chi connectivity index (χ2v) is 13.9. The maximum atomic E-state index is 12.4. The molecule has 0 aliphatic heterocycles. The van der Waals surface area contributed by atoms with Gasteiger partial charge >= 0.3 is 0 Å². The molecule has 5 heteroatoms. The average molecular weight is 638 g/mol. The van der Waals surface area contributed by atoms with Crippen molar-refractivity contribution in [1.82, 2.24) is 5.32 Å². The zero-order chi connectivity index (χ0) is 33.1. The Morgan fingerprint density at radius 2 is 0.911 bits per heavy atom. The predicted octanol–water partition coefficient (Wildman–Crippen LogP) is 10.9. The van der Waals surface area contributed by atoms with Crippen molar-refractivity contribution < 1.29 is 20.1 Å². The van der Waals surface area contributed by atoms with E-state index in [1.54, 1.807) is 6.08 Å². The lowest BCUT2D eigenvalue weighted by molar-refractivity contribution is -0.124. The largest absolute Gasteiger partial charge is 0.394 e. The van der Waals surface area contributed by atoms with Crippen LogP contribution in [-0.2, 0) is 4.79 Å². The van der Waals surface area contributed by atoms with E-state index in [4.69, 9.17) is 0 Å². The zero-order valence-corrected chi connectivity index (χ0v) is 30.3. The van der Waals surface area contributed by atoms with E-state index >= 15 is 0 Å². The minimum atomic E-state index is -0.923. The van der Waals surface area contributed by atoms with Gasteiger partial charge in [0, 0.05) is 0 Å². The Kier molecular flexibility index (Phi) is 35.2. The number of hydrogen-bond donors (Lipinski definition) is 4. The van der Waals surface area contributed by atoms with Crippen LogP contribution in [0.5, 0.6) is 0 Å². The van der Waals surface area contributed by atoms with Crippen LogP contribution in [0.1, 0.15) is 213 Å². The van der Waals surface area contributed by atoms with Crippen LogP contribution in [0.15, 0.2) is 12.2 Å². The lowest BCUT2D eigenvalue weighted by Crippen LogP contribution is -2.45. The molecule has 0 heterocycles. The molecule has 45 heavy (non-hydrogen) atoms. The summed E-state index contributed by atoms with van der Waals surface area (Å²) in [5, 5.41) is 33.1. The molecule has 0 aliphatic rings. The van der Waals surface area contributed by atoms with Gasteiger partial charge < -0.3 is 20.6 Å². The maximum absolute atomic E-state index is 12.4. The molecule has 0 aromatic carbocycles. The number of carbonyl (C=O) groups excluding carboxylic acids is 1. The van der Waals surface area contributed by atoms with Crippen LogP contribution in [0, 0.1) is 0 Å². The Hall–Kier alpha value is -0.910. The van der Waals surface area contributed by atoms with Crippen LogP contribution in [0.3, 0.4) is 0 Å². The van der Waals surface area contributed by atoms with Gasteiger partial charge in [-0.05, 0) is 19.3 Å². The lowest BCUT2D eigenvalue weighted by Gasteiger charge is -2.21. The van der Waals surface area contributed by atoms with Crippen LogP contribution in [0.25, 0.3) is 0 Å². The van der Waals surface area contributed by atoms with Crippen LogP contribution in [0.2, 0.25) is 0 Å². The van der Waals surface area contributed by atoms with E-state index in [1.807, 2.05) is 6.08 Å². The van der Waals surface area contributed by atoms with Crippen molar-refractivity contribution in [3.8, 4) is 0 Å². The van der Waals surface area contributed by atoms with Crippen molar-refractivity contribution in [2.75, 3.05) is 6.61 Å². The topological polar surface area (TPSA) is 89.8 Å². The molecule has 0 aromatic heterocycles. The SMILES string of the molecule is CCCCCCCCCCCCCCCCC/C=C/C(O)C(CO)NC(=O)CC(O)CCCCCCCCCCCCCCC. The van der Waals surface area contributed by atoms with E-state index in [1.165, 1.54) is 161 Å². The minimum absolute atomic E-state index is 0.0182. The Labute approximate surface area is 280 Å². The Bertz CT molecular complexity index is 625. The summed E-state index contributed by atoms with van der Waals surface area (Å²) in [6, 6.07) is -0.738. The molecular formula is C40H79NO4. The van der Waals surface area contributed by atoms with Gasteiger partial charge in [-0.15, -0.1) is 0 Å². The van der Waals surface area contributed by atoms with Crippen LogP contribution >= 0.6 is 0 Å². The highest BCUT2D eigenvalue weighted by molar-refractivity contribution is 5.76. The number of unbranched alkanes of at least 4 members (excludes halogenated alkanes) is 27. The van der Waals surface area contributed by atoms with Gasteiger partial charge in [-0.25, -0.2) is 0 Å². The van der Waals surface area contributed by atoms with E-state index in [-0.39, 0.29) is 18.9 Å². The third kappa shape index (κ3) is 32.8. The summed E-state index contributed by atoms with van der Waals surface area (Å²) < 4.78 is 0. The zero-order valence-electron chi connectivity index (χ0n) is 30.3. The quantitative estimate of drug-likeness (QED) is 0.0406. The molecular weight excluding hydrogens is 558 g/mol. The summed E-state index contributed by atoms with van der Waals surface area (Å²) in [6.07, 6.45) is 40.5. The van der Waals surface area contributed by atoms with Gasteiger partial charge in [0.2, 0.25) is 5.91 Å². The number of amides is 1. The summed E-state index contributed by atoms with van der Waals surface area (Å²) in [7, 11) is 0. The fraction of sp³-hybridized carbons (Fsp3) is 0.925. The van der Waals surface area contributed by atoms with Crippen molar-refractivity contribution in [3.05, 3.63) is 12.2 Å². The highest BCUT2D eigenvalue weighted by Gasteiger charge is 2.20.